The van der Waals surface area contributed by atoms with Crippen LogP contribution in [0.2, 0.25) is 0 Å². The highest BCUT2D eigenvalue weighted by Crippen LogP contribution is 2.40. The molecule has 3 aromatic rings. The molecule has 34 heavy (non-hydrogen) atoms. The van der Waals surface area contributed by atoms with E-state index >= 15 is 0 Å². The average molecular weight is 464 g/mol. The first-order chi connectivity index (χ1) is 18.5. The van der Waals surface area contributed by atoms with E-state index in [0.717, 1.165) is 49.2 Å². The van der Waals surface area contributed by atoms with Crippen molar-refractivity contribution in [2.24, 2.45) is 0 Å². The zero-order valence-electron chi connectivity index (χ0n) is 25.1. The van der Waals surface area contributed by atoms with E-state index in [1.54, 1.807) is 13.2 Å². The molecule has 4 nitrogen and oxygen atoms in total. The summed E-state index contributed by atoms with van der Waals surface area (Å²) in [4.78, 5) is 2.37. The fraction of sp³-hybridized carbons (Fsp3) is 0.400. The molecule has 4 rings (SSSR count). The third kappa shape index (κ3) is 5.74. The molecule has 1 atom stereocenters. The van der Waals surface area contributed by atoms with Gasteiger partial charge >= 0.3 is 0 Å². The van der Waals surface area contributed by atoms with Crippen LogP contribution in [0, 0.1) is 0 Å². The molecule has 4 heteroatoms. The fourth-order valence-electron chi connectivity index (χ4n) is 4.94. The van der Waals surface area contributed by atoms with Crippen molar-refractivity contribution in [1.29, 1.82) is 0 Å². The highest BCUT2D eigenvalue weighted by Gasteiger charge is 2.24. The molecule has 3 aromatic carbocycles. The summed E-state index contributed by atoms with van der Waals surface area (Å²) in [6, 6.07) is 20.3. The van der Waals surface area contributed by atoms with Crippen LogP contribution in [0.15, 0.2) is 60.7 Å². The number of rotatable bonds is 10. The number of fused-ring (bicyclic) bond motifs is 1. The molecular weight excluding hydrogens is 420 g/mol. The van der Waals surface area contributed by atoms with Gasteiger partial charge in [-0.3, -0.25) is 0 Å². The number of ether oxygens (including phenoxy) is 1. The van der Waals surface area contributed by atoms with Crippen LogP contribution in [0.25, 0.3) is 0 Å². The largest absolute Gasteiger partial charge is 0.508 e. The Morgan fingerprint density at radius 2 is 1.91 bits per heavy atom. The lowest BCUT2D eigenvalue weighted by Crippen LogP contribution is -2.25. The van der Waals surface area contributed by atoms with Gasteiger partial charge in [0, 0.05) is 31.7 Å². The predicted octanol–water partition coefficient (Wildman–Crippen LogP) is 5.85. The molecule has 1 aliphatic carbocycles. The summed E-state index contributed by atoms with van der Waals surface area (Å²) in [5, 5.41) is 12.4. The SMILES string of the molecule is [2H]C([2H])([2H])C([2H])([2H])NCCc1ccc(CN(CC)c2cc(OC)ccc2[C@@H]2CCc3cc(O)ccc3C2)cc1. The second-order valence-corrected chi connectivity index (χ2v) is 8.95. The Bertz CT molecular complexity index is 1260. The van der Waals surface area contributed by atoms with E-state index in [9.17, 15) is 5.11 Å². The molecule has 0 heterocycles. The number of phenols is 1. The van der Waals surface area contributed by atoms with E-state index in [1.807, 2.05) is 30.3 Å². The number of aryl methyl sites for hydroxylation is 1. The summed E-state index contributed by atoms with van der Waals surface area (Å²) >= 11 is 0. The number of anilines is 1. The Balaban J connectivity index is 1.48. The van der Waals surface area contributed by atoms with Gasteiger partial charge in [0.2, 0.25) is 0 Å². The van der Waals surface area contributed by atoms with Gasteiger partial charge in [0.1, 0.15) is 11.5 Å². The standard InChI is InChI=1S/C30H38N2O2/c1-4-31-17-16-22-6-8-23(9-7-22)21-32(5-2)30-20-28(34-3)14-15-29(30)26-11-10-25-19-27(33)13-12-24(25)18-26/h6-9,12-15,19-20,26,31,33H,4-5,10-11,16-18,21H2,1-3H3/t26-/m1/s1/i1D3,4D2. The van der Waals surface area contributed by atoms with Crippen molar-refractivity contribution in [2.75, 3.05) is 31.6 Å². The second-order valence-electron chi connectivity index (χ2n) is 8.95. The van der Waals surface area contributed by atoms with Gasteiger partial charge < -0.3 is 20.1 Å². The fourth-order valence-corrected chi connectivity index (χ4v) is 4.94. The quantitative estimate of drug-likeness (QED) is 0.396. The zero-order valence-corrected chi connectivity index (χ0v) is 20.1. The molecule has 1 aliphatic rings. The first-order valence-corrected chi connectivity index (χ1v) is 12.1. The second kappa shape index (κ2) is 11.4. The molecule has 180 valence electrons. The van der Waals surface area contributed by atoms with Crippen molar-refractivity contribution in [3.05, 3.63) is 88.5 Å². The first kappa shape index (κ1) is 18.4. The Morgan fingerprint density at radius 1 is 1.09 bits per heavy atom. The molecule has 0 spiro atoms. The zero-order chi connectivity index (χ0) is 28.2. The third-order valence-corrected chi connectivity index (χ3v) is 6.84. The van der Waals surface area contributed by atoms with E-state index in [1.165, 1.54) is 22.4 Å². The lowest BCUT2D eigenvalue weighted by Gasteiger charge is -2.32. The highest BCUT2D eigenvalue weighted by atomic mass is 16.5. The van der Waals surface area contributed by atoms with Crippen LogP contribution < -0.4 is 15.0 Å². The van der Waals surface area contributed by atoms with Crippen LogP contribution in [-0.4, -0.2) is 31.8 Å². The number of nitrogens with one attached hydrogen (secondary N) is 1. The van der Waals surface area contributed by atoms with E-state index in [-0.39, 0.29) is 6.54 Å². The van der Waals surface area contributed by atoms with Gasteiger partial charge in [-0.1, -0.05) is 43.3 Å². The maximum atomic E-state index is 9.88. The number of benzene rings is 3. The number of aromatic hydroxyl groups is 1. The monoisotopic (exact) mass is 463 g/mol. The Kier molecular flexibility index (Phi) is 6.18. The molecule has 0 saturated heterocycles. The van der Waals surface area contributed by atoms with Crippen LogP contribution in [0.3, 0.4) is 0 Å². The van der Waals surface area contributed by atoms with Crippen LogP contribution in [-0.2, 0) is 25.8 Å². The molecule has 0 aromatic heterocycles. The summed E-state index contributed by atoms with van der Waals surface area (Å²) in [6.45, 7) is -1.17. The summed E-state index contributed by atoms with van der Waals surface area (Å²) in [5.41, 5.74) is 7.19. The van der Waals surface area contributed by atoms with Gasteiger partial charge in [0.25, 0.3) is 0 Å². The van der Waals surface area contributed by atoms with Crippen molar-refractivity contribution < 1.29 is 16.7 Å². The van der Waals surface area contributed by atoms with Crippen LogP contribution in [0.4, 0.5) is 5.69 Å². The van der Waals surface area contributed by atoms with Crippen molar-refractivity contribution >= 4 is 5.69 Å². The molecule has 0 saturated carbocycles. The Labute approximate surface area is 211 Å². The van der Waals surface area contributed by atoms with E-state index < -0.39 is 13.3 Å². The number of likely N-dealkylation sites (N-methyl/N-ethyl adjacent to an activating group) is 1. The van der Waals surface area contributed by atoms with E-state index in [4.69, 9.17) is 11.6 Å². The van der Waals surface area contributed by atoms with Gasteiger partial charge in [0.15, 0.2) is 0 Å². The van der Waals surface area contributed by atoms with Gasteiger partial charge in [-0.05, 0) is 97.6 Å². The lowest BCUT2D eigenvalue weighted by atomic mass is 9.79. The highest BCUT2D eigenvalue weighted by molar-refractivity contribution is 5.60. The number of methoxy groups -OCH3 is 1. The minimum Gasteiger partial charge on any atom is -0.508 e. The molecule has 0 radical (unpaired) electrons. The van der Waals surface area contributed by atoms with E-state index in [2.05, 4.69) is 41.4 Å². The minimum absolute atomic E-state index is 0.239. The predicted molar refractivity (Wildman–Crippen MR) is 141 cm³/mol. The number of phenolic OH excluding ortho intramolecular Hbond substituents is 1. The van der Waals surface area contributed by atoms with Crippen molar-refractivity contribution in [2.45, 2.75) is 51.9 Å². The lowest BCUT2D eigenvalue weighted by molar-refractivity contribution is 0.414. The molecule has 2 N–H and O–H groups in total. The number of hydrogen-bond acceptors (Lipinski definition) is 4. The summed E-state index contributed by atoms with van der Waals surface area (Å²) in [6.07, 6.45) is 3.44. The normalized spacial score (nSPS) is 18.1. The summed E-state index contributed by atoms with van der Waals surface area (Å²) in [7, 11) is 1.69. The minimum atomic E-state index is -2.70. The molecule has 0 aliphatic heterocycles. The van der Waals surface area contributed by atoms with Gasteiger partial charge in [-0.2, -0.15) is 0 Å². The smallest absolute Gasteiger partial charge is 0.120 e. The van der Waals surface area contributed by atoms with Crippen molar-refractivity contribution in [1.82, 2.24) is 5.32 Å². The van der Waals surface area contributed by atoms with Crippen molar-refractivity contribution in [3.63, 3.8) is 0 Å². The van der Waals surface area contributed by atoms with Crippen LogP contribution >= 0.6 is 0 Å². The van der Waals surface area contributed by atoms with Gasteiger partial charge in [-0.15, -0.1) is 0 Å². The topological polar surface area (TPSA) is 44.7 Å². The first-order valence-electron chi connectivity index (χ1n) is 14.6. The molecular formula is C30H38N2O2. The molecule has 0 amide bonds. The van der Waals surface area contributed by atoms with E-state index in [0.29, 0.717) is 18.1 Å². The molecule has 0 bridgehead atoms. The average Bonchev–Trinajstić information content (AvgIpc) is 2.91. The summed E-state index contributed by atoms with van der Waals surface area (Å²) in [5.74, 6) is 1.53. The van der Waals surface area contributed by atoms with Crippen LogP contribution in [0.1, 0.15) is 60.8 Å². The number of nitrogens with zero attached hydrogens (tertiary/aromatic N) is 1. The molecule has 0 fully saturated rings. The van der Waals surface area contributed by atoms with Gasteiger partial charge in [-0.25, -0.2) is 0 Å². The van der Waals surface area contributed by atoms with Gasteiger partial charge in [0.05, 0.1) is 7.11 Å². The maximum Gasteiger partial charge on any atom is 0.120 e. The Morgan fingerprint density at radius 3 is 2.68 bits per heavy atom. The van der Waals surface area contributed by atoms with Crippen molar-refractivity contribution in [3.8, 4) is 11.5 Å². The maximum absolute atomic E-state index is 9.88. The van der Waals surface area contributed by atoms with Crippen LogP contribution in [0.5, 0.6) is 11.5 Å². The number of hydrogen-bond donors (Lipinski definition) is 2. The third-order valence-electron chi connectivity index (χ3n) is 6.84. The Hall–Kier alpha value is -2.98. The summed E-state index contributed by atoms with van der Waals surface area (Å²) < 4.78 is 42.9. The molecule has 0 unspecified atom stereocenters.